The van der Waals surface area contributed by atoms with Crippen LogP contribution in [0.1, 0.15) is 71.4 Å². The van der Waals surface area contributed by atoms with Crippen LogP contribution in [0.4, 0.5) is 31.1 Å². The lowest BCUT2D eigenvalue weighted by Crippen LogP contribution is -2.46. The van der Waals surface area contributed by atoms with E-state index < -0.39 is 58.6 Å². The molecule has 9 nitrogen and oxygen atoms in total. The topological polar surface area (TPSA) is 114 Å². The molecular formula is C22H23F6N5O4. The van der Waals surface area contributed by atoms with E-state index in [0.29, 0.717) is 0 Å². The molecule has 0 bridgehead atoms. The van der Waals surface area contributed by atoms with E-state index >= 15 is 0 Å². The van der Waals surface area contributed by atoms with Crippen LogP contribution in [0.5, 0.6) is 0 Å². The third kappa shape index (κ3) is 8.05. The zero-order valence-electron chi connectivity index (χ0n) is 20.2. The lowest BCUT2D eigenvalue weighted by atomic mass is 10.0. The summed E-state index contributed by atoms with van der Waals surface area (Å²) in [5.41, 5.74) is -3.43. The summed E-state index contributed by atoms with van der Waals surface area (Å²) in [4.78, 5) is 45.2. The Morgan fingerprint density at radius 2 is 1.41 bits per heavy atom. The van der Waals surface area contributed by atoms with Gasteiger partial charge in [0, 0.05) is 25.0 Å². The molecule has 1 aromatic heterocycles. The average molecular weight is 535 g/mol. The first-order valence-electron chi connectivity index (χ1n) is 10.5. The van der Waals surface area contributed by atoms with Gasteiger partial charge < -0.3 is 10.1 Å². The number of amides is 3. The molecule has 1 aromatic carbocycles. The first kappa shape index (κ1) is 29.3. The van der Waals surface area contributed by atoms with E-state index in [-0.39, 0.29) is 29.6 Å². The van der Waals surface area contributed by atoms with Crippen LogP contribution in [0.25, 0.3) is 0 Å². The Morgan fingerprint density at radius 1 is 0.892 bits per heavy atom. The summed E-state index contributed by atoms with van der Waals surface area (Å²) in [6, 6.07) is -0.751. The van der Waals surface area contributed by atoms with Crippen LogP contribution in [0.3, 0.4) is 0 Å². The maximum atomic E-state index is 13.1. The highest BCUT2D eigenvalue weighted by atomic mass is 19.4. The van der Waals surface area contributed by atoms with E-state index in [1.54, 1.807) is 20.8 Å². The van der Waals surface area contributed by atoms with Crippen molar-refractivity contribution in [2.45, 2.75) is 51.7 Å². The lowest BCUT2D eigenvalue weighted by molar-refractivity contribution is -0.143. The van der Waals surface area contributed by atoms with Crippen LogP contribution in [0, 0.1) is 0 Å². The predicted molar refractivity (Wildman–Crippen MR) is 116 cm³/mol. The molecule has 0 aliphatic heterocycles. The number of hydrogen-bond donors (Lipinski definition) is 2. The smallest absolute Gasteiger partial charge is 0.428 e. The molecular weight excluding hydrogens is 512 g/mol. The van der Waals surface area contributed by atoms with Crippen LogP contribution in [0.15, 0.2) is 30.6 Å². The Bertz CT molecular complexity index is 1150. The van der Waals surface area contributed by atoms with Crippen LogP contribution in [-0.4, -0.2) is 45.5 Å². The number of carbonyl (C=O) groups is 3. The zero-order valence-corrected chi connectivity index (χ0v) is 20.2. The molecule has 0 aliphatic carbocycles. The van der Waals surface area contributed by atoms with Gasteiger partial charge in [0.1, 0.15) is 5.60 Å². The van der Waals surface area contributed by atoms with Crippen molar-refractivity contribution in [3.63, 3.8) is 0 Å². The number of nitrogens with zero attached hydrogens (tertiary/aromatic N) is 3. The molecule has 0 aliphatic rings. The number of halogens is 6. The molecule has 1 atom stereocenters. The first-order chi connectivity index (χ1) is 16.8. The lowest BCUT2D eigenvalue weighted by Gasteiger charge is -2.25. The quantitative estimate of drug-likeness (QED) is 0.440. The number of rotatable bonds is 4. The third-order valence-corrected chi connectivity index (χ3v) is 4.49. The van der Waals surface area contributed by atoms with Crippen LogP contribution in [-0.2, 0) is 17.1 Å². The molecule has 2 N–H and O–H groups in total. The molecule has 0 saturated carbocycles. The Labute approximate surface area is 207 Å². The Hall–Kier alpha value is -3.91. The Morgan fingerprint density at radius 3 is 1.89 bits per heavy atom. The zero-order chi connectivity index (χ0) is 28.3. The highest BCUT2D eigenvalue weighted by Crippen LogP contribution is 2.36. The van der Waals surface area contributed by atoms with Gasteiger partial charge >= 0.3 is 18.4 Å². The largest absolute Gasteiger partial charge is 0.442 e. The summed E-state index contributed by atoms with van der Waals surface area (Å²) < 4.78 is 83.8. The fourth-order valence-electron chi connectivity index (χ4n) is 2.86. The van der Waals surface area contributed by atoms with E-state index in [1.165, 1.54) is 14.0 Å². The fourth-order valence-corrected chi connectivity index (χ4v) is 2.86. The van der Waals surface area contributed by atoms with E-state index in [2.05, 4.69) is 20.7 Å². The van der Waals surface area contributed by atoms with E-state index in [1.807, 2.05) is 0 Å². The molecule has 2 rings (SSSR count). The van der Waals surface area contributed by atoms with Crippen molar-refractivity contribution >= 4 is 17.9 Å². The number of hydrazine groups is 1. The molecule has 2 aromatic rings. The minimum Gasteiger partial charge on any atom is -0.442 e. The maximum Gasteiger partial charge on any atom is 0.428 e. The van der Waals surface area contributed by atoms with Gasteiger partial charge in [-0.15, -0.1) is 0 Å². The summed E-state index contributed by atoms with van der Waals surface area (Å²) in [7, 11) is 1.19. The van der Waals surface area contributed by atoms with Crippen molar-refractivity contribution in [3.8, 4) is 0 Å². The highest BCUT2D eigenvalue weighted by molar-refractivity contribution is 5.96. The monoisotopic (exact) mass is 535 g/mol. The van der Waals surface area contributed by atoms with Crippen molar-refractivity contribution in [1.29, 1.82) is 0 Å². The molecule has 0 spiro atoms. The minimum absolute atomic E-state index is 0.105. The van der Waals surface area contributed by atoms with Crippen molar-refractivity contribution in [3.05, 3.63) is 58.7 Å². The van der Waals surface area contributed by atoms with Crippen molar-refractivity contribution in [2.75, 3.05) is 7.05 Å². The second kappa shape index (κ2) is 10.6. The summed E-state index contributed by atoms with van der Waals surface area (Å²) >= 11 is 0. The summed E-state index contributed by atoms with van der Waals surface area (Å²) in [5, 5.41) is 2.94. The van der Waals surface area contributed by atoms with Crippen molar-refractivity contribution in [2.24, 2.45) is 0 Å². The van der Waals surface area contributed by atoms with E-state index in [4.69, 9.17) is 4.74 Å². The van der Waals surface area contributed by atoms with Gasteiger partial charge in [0.2, 0.25) is 0 Å². The van der Waals surface area contributed by atoms with Crippen molar-refractivity contribution < 1.29 is 45.5 Å². The SMILES string of the molecule is CC(NC(=O)c1cc(C(F)(F)F)cc(C(F)(F)F)c1)c1nccnc1C(=O)NN(C)C(=O)OC(C)(C)C. The molecule has 37 heavy (non-hydrogen) atoms. The van der Waals surface area contributed by atoms with Gasteiger partial charge in [-0.2, -0.15) is 26.3 Å². The highest BCUT2D eigenvalue weighted by Gasteiger charge is 2.37. The Kier molecular flexibility index (Phi) is 8.40. The number of benzene rings is 1. The van der Waals surface area contributed by atoms with E-state index in [0.717, 1.165) is 17.4 Å². The molecule has 1 heterocycles. The van der Waals surface area contributed by atoms with Gasteiger partial charge in [-0.25, -0.2) is 14.8 Å². The standard InChI is InChI=1S/C22H23F6N5O4/c1-11(31-17(34)12-8-13(21(23,24)25)10-14(9-12)22(26,27)28)15-16(30-7-6-29-15)18(35)32-33(5)19(36)37-20(2,3)4/h6-11H,1-5H3,(H,31,34)(H,32,35). The molecule has 0 fully saturated rings. The fraction of sp³-hybridized carbons (Fsp3) is 0.409. The maximum absolute atomic E-state index is 13.1. The summed E-state index contributed by atoms with van der Waals surface area (Å²) in [5.74, 6) is -2.23. The van der Waals surface area contributed by atoms with Gasteiger partial charge in [0.05, 0.1) is 22.9 Å². The third-order valence-electron chi connectivity index (χ3n) is 4.49. The first-order valence-corrected chi connectivity index (χ1v) is 10.5. The van der Waals surface area contributed by atoms with Crippen LogP contribution < -0.4 is 10.7 Å². The molecule has 202 valence electrons. The number of alkyl halides is 6. The molecule has 3 amide bonds. The Balaban J connectivity index is 2.29. The van der Waals surface area contributed by atoms with Gasteiger partial charge in [0.25, 0.3) is 11.8 Å². The number of ether oxygens (including phenoxy) is 1. The minimum atomic E-state index is -5.14. The van der Waals surface area contributed by atoms with Crippen LogP contribution in [0.2, 0.25) is 0 Å². The number of nitrogens with one attached hydrogen (secondary N) is 2. The molecule has 15 heteroatoms. The van der Waals surface area contributed by atoms with Gasteiger partial charge in [-0.1, -0.05) is 0 Å². The summed E-state index contributed by atoms with van der Waals surface area (Å²) in [6.07, 6.45) is -8.91. The predicted octanol–water partition coefficient (Wildman–Crippen LogP) is 4.52. The second-order valence-electron chi connectivity index (χ2n) is 8.76. The van der Waals surface area contributed by atoms with Gasteiger partial charge in [-0.3, -0.25) is 20.0 Å². The number of carbonyl (C=O) groups excluding carboxylic acids is 3. The van der Waals surface area contributed by atoms with Gasteiger partial charge in [0.15, 0.2) is 5.69 Å². The number of aromatic nitrogens is 2. The van der Waals surface area contributed by atoms with Gasteiger partial charge in [-0.05, 0) is 45.9 Å². The molecule has 0 saturated heterocycles. The molecule has 1 unspecified atom stereocenters. The van der Waals surface area contributed by atoms with Crippen LogP contribution >= 0.6 is 0 Å². The average Bonchev–Trinajstić information content (AvgIpc) is 2.76. The normalized spacial score (nSPS) is 12.9. The number of hydrogen-bond acceptors (Lipinski definition) is 6. The van der Waals surface area contributed by atoms with Crippen molar-refractivity contribution in [1.82, 2.24) is 25.7 Å². The summed E-state index contributed by atoms with van der Waals surface area (Å²) in [6.45, 7) is 6.10. The second-order valence-corrected chi connectivity index (χ2v) is 8.76. The van der Waals surface area contributed by atoms with E-state index in [9.17, 15) is 40.7 Å². The molecule has 0 radical (unpaired) electrons.